The second kappa shape index (κ2) is 12.1. The van der Waals surface area contributed by atoms with Crippen molar-refractivity contribution in [1.29, 1.82) is 0 Å². The first-order valence-corrected chi connectivity index (χ1v) is 13.8. The molecule has 0 N–H and O–H groups in total. The van der Waals surface area contributed by atoms with Crippen LogP contribution in [0.5, 0.6) is 5.75 Å². The molecule has 1 atom stereocenters. The number of halogens is 2. The summed E-state index contributed by atoms with van der Waals surface area (Å²) in [4.78, 5) is 0. The highest BCUT2D eigenvalue weighted by Crippen LogP contribution is 2.42. The summed E-state index contributed by atoms with van der Waals surface area (Å²) in [5, 5.41) is 1.45. The molecule has 1 nitrogen and oxygen atoms in total. The predicted molar refractivity (Wildman–Crippen MR) is 122 cm³/mol. The molecule has 1 unspecified atom stereocenters. The lowest BCUT2D eigenvalue weighted by Crippen LogP contribution is -2.27. The van der Waals surface area contributed by atoms with E-state index in [-0.39, 0.29) is 16.1 Å². The summed E-state index contributed by atoms with van der Waals surface area (Å²) in [6.07, 6.45) is 13.1. The van der Waals surface area contributed by atoms with Gasteiger partial charge in [0.05, 0.1) is 9.52 Å². The van der Waals surface area contributed by atoms with Gasteiger partial charge in [-0.1, -0.05) is 68.8 Å². The maximum Gasteiger partial charge on any atom is 0.162 e. The normalized spacial score (nSPS) is 29.2. The maximum absolute atomic E-state index is 12.9. The Bertz CT molecular complexity index is 563. The van der Waals surface area contributed by atoms with Crippen LogP contribution in [-0.2, 0) is 0 Å². The van der Waals surface area contributed by atoms with E-state index >= 15 is 0 Å². The van der Waals surface area contributed by atoms with Gasteiger partial charge in [0.1, 0.15) is 19.0 Å². The van der Waals surface area contributed by atoms with Crippen LogP contribution in [0, 0.1) is 23.7 Å². The fourth-order valence-corrected chi connectivity index (χ4v) is 7.55. The minimum Gasteiger partial charge on any atom is -0.490 e. The number of alkyl halides is 2. The topological polar surface area (TPSA) is 9.23 Å². The zero-order chi connectivity index (χ0) is 20.5. The lowest BCUT2D eigenvalue weighted by molar-refractivity contribution is 0.147. The van der Waals surface area contributed by atoms with E-state index in [1.165, 1.54) is 75.4 Å². The Hall–Kier alpha value is -0.903. The van der Waals surface area contributed by atoms with E-state index in [1.807, 2.05) is 12.1 Å². The van der Waals surface area contributed by atoms with Crippen molar-refractivity contribution in [3.63, 3.8) is 0 Å². The third-order valence-corrected chi connectivity index (χ3v) is 9.66. The third kappa shape index (κ3) is 7.38. The molecule has 2 aliphatic carbocycles. The summed E-state index contributed by atoms with van der Waals surface area (Å²) in [5.74, 6) is 4.64. The average Bonchev–Trinajstić information content (AvgIpc) is 2.78. The summed E-state index contributed by atoms with van der Waals surface area (Å²) in [6, 6.07) is 9.50. The first-order valence-electron chi connectivity index (χ1n) is 12.1. The van der Waals surface area contributed by atoms with Gasteiger partial charge in [-0.2, -0.15) is 0 Å². The second-order valence-corrected chi connectivity index (χ2v) is 11.5. The molecule has 0 radical (unpaired) electrons. The molecule has 4 heteroatoms. The minimum absolute atomic E-state index is 0.198. The fourth-order valence-electron chi connectivity index (χ4n) is 5.66. The zero-order valence-electron chi connectivity index (χ0n) is 18.3. The highest BCUT2D eigenvalue weighted by Gasteiger charge is 2.30. The lowest BCUT2D eigenvalue weighted by atomic mass is 9.69. The van der Waals surface area contributed by atoms with Gasteiger partial charge < -0.3 is 4.74 Å². The van der Waals surface area contributed by atoms with E-state index in [4.69, 9.17) is 4.74 Å². The van der Waals surface area contributed by atoms with E-state index in [9.17, 15) is 8.78 Å². The van der Waals surface area contributed by atoms with Gasteiger partial charge in [0, 0.05) is 0 Å². The molecule has 0 aliphatic heterocycles. The number of hydrogen-bond donors (Lipinski definition) is 0. The van der Waals surface area contributed by atoms with E-state index in [1.54, 1.807) is 0 Å². The smallest absolute Gasteiger partial charge is 0.162 e. The minimum atomic E-state index is -1.52. The number of benzene rings is 1. The third-order valence-electron chi connectivity index (χ3n) is 7.51. The molecule has 2 fully saturated rings. The Morgan fingerprint density at radius 2 is 1.52 bits per heavy atom. The number of ether oxygens (including phenoxy) is 1. The molecule has 0 bridgehead atoms. The molecule has 0 amide bonds. The van der Waals surface area contributed by atoms with Crippen molar-refractivity contribution in [2.24, 2.45) is 23.7 Å². The maximum atomic E-state index is 12.9. The van der Waals surface area contributed by atoms with Crippen LogP contribution >= 0.6 is 0 Å². The number of hydrogen-bond acceptors (Lipinski definition) is 1. The van der Waals surface area contributed by atoms with Crippen molar-refractivity contribution in [3.05, 3.63) is 24.3 Å². The molecule has 1 aromatic rings. The van der Waals surface area contributed by atoms with Gasteiger partial charge in [-0.25, -0.2) is 8.78 Å². The molecular formula is C25H40F2OSi. The van der Waals surface area contributed by atoms with Gasteiger partial charge in [-0.05, 0) is 61.5 Å². The lowest BCUT2D eigenvalue weighted by Gasteiger charge is -2.38. The van der Waals surface area contributed by atoms with Crippen LogP contribution in [0.4, 0.5) is 8.78 Å². The van der Waals surface area contributed by atoms with Crippen LogP contribution < -0.4 is 9.92 Å². The highest BCUT2D eigenvalue weighted by atomic mass is 28.2. The first kappa shape index (κ1) is 22.8. The van der Waals surface area contributed by atoms with Crippen LogP contribution in [0.2, 0.25) is 6.04 Å². The van der Waals surface area contributed by atoms with Crippen molar-refractivity contribution in [1.82, 2.24) is 0 Å². The van der Waals surface area contributed by atoms with Gasteiger partial charge in [0.25, 0.3) is 0 Å². The Morgan fingerprint density at radius 3 is 2.07 bits per heavy atom. The van der Waals surface area contributed by atoms with Crippen molar-refractivity contribution < 1.29 is 13.5 Å². The zero-order valence-corrected chi connectivity index (χ0v) is 19.7. The monoisotopic (exact) mass is 422 g/mol. The van der Waals surface area contributed by atoms with Crippen LogP contribution in [-0.4, -0.2) is 29.0 Å². The van der Waals surface area contributed by atoms with Crippen LogP contribution in [0.25, 0.3) is 0 Å². The van der Waals surface area contributed by atoms with E-state index < -0.39 is 12.8 Å². The van der Waals surface area contributed by atoms with Crippen molar-refractivity contribution in [2.75, 3.05) is 13.3 Å². The standard InChI is InChI=1S/C25H40F2OSi/c1-2-3-19-4-8-21(9-5-19)22-10-6-20(7-11-22)18-29-25-14-12-24(13-15-25)28-17-23(27)16-26/h12-15,19-23H,2-11,16-18,29H2,1H3/t19-,20?,21-,22?,23?. The molecule has 3 rings (SSSR count). The summed E-state index contributed by atoms with van der Waals surface area (Å²) in [5.41, 5.74) is 0. The second-order valence-electron chi connectivity index (χ2n) is 9.60. The van der Waals surface area contributed by atoms with Crippen molar-refractivity contribution in [2.45, 2.75) is 83.3 Å². The first-order chi connectivity index (χ1) is 14.2. The highest BCUT2D eigenvalue weighted by molar-refractivity contribution is 6.53. The Labute approximate surface area is 178 Å². The van der Waals surface area contributed by atoms with E-state index in [0.29, 0.717) is 5.75 Å². The predicted octanol–water partition coefficient (Wildman–Crippen LogP) is 6.00. The molecule has 29 heavy (non-hydrogen) atoms. The average molecular weight is 423 g/mol. The molecule has 0 saturated heterocycles. The van der Waals surface area contributed by atoms with Gasteiger partial charge in [-0.3, -0.25) is 0 Å². The van der Waals surface area contributed by atoms with E-state index in [2.05, 4.69) is 19.1 Å². The quantitative estimate of drug-likeness (QED) is 0.420. The van der Waals surface area contributed by atoms with Gasteiger partial charge >= 0.3 is 0 Å². The summed E-state index contributed by atoms with van der Waals surface area (Å²) in [7, 11) is -0.249. The Balaban J connectivity index is 1.33. The molecule has 0 aromatic heterocycles. The van der Waals surface area contributed by atoms with Crippen LogP contribution in [0.1, 0.15) is 71.1 Å². The summed E-state index contributed by atoms with van der Waals surface area (Å²) >= 11 is 0. The molecule has 0 heterocycles. The Kier molecular flexibility index (Phi) is 9.48. The molecular weight excluding hydrogens is 382 g/mol. The van der Waals surface area contributed by atoms with Crippen molar-refractivity contribution in [3.8, 4) is 5.75 Å². The van der Waals surface area contributed by atoms with Crippen LogP contribution in [0.3, 0.4) is 0 Å². The molecule has 2 saturated carbocycles. The van der Waals surface area contributed by atoms with Crippen molar-refractivity contribution >= 4 is 14.7 Å². The molecule has 0 spiro atoms. The SMILES string of the molecule is CCC[C@H]1CC[C@H](C2CCC(C[SiH2]c3ccc(OCC(F)CF)cc3)CC2)CC1. The fraction of sp³-hybridized carbons (Fsp3) is 0.760. The largest absolute Gasteiger partial charge is 0.490 e. The van der Waals surface area contributed by atoms with Crippen LogP contribution in [0.15, 0.2) is 24.3 Å². The molecule has 164 valence electrons. The summed E-state index contributed by atoms with van der Waals surface area (Å²) < 4.78 is 30.4. The Morgan fingerprint density at radius 1 is 0.931 bits per heavy atom. The van der Waals surface area contributed by atoms with Gasteiger partial charge in [0.15, 0.2) is 6.17 Å². The summed E-state index contributed by atoms with van der Waals surface area (Å²) in [6.45, 7) is 1.15. The van der Waals surface area contributed by atoms with E-state index in [0.717, 1.165) is 23.7 Å². The number of rotatable bonds is 10. The van der Waals surface area contributed by atoms with Gasteiger partial charge in [-0.15, -0.1) is 0 Å². The molecule has 1 aromatic carbocycles. The molecule has 2 aliphatic rings. The van der Waals surface area contributed by atoms with Gasteiger partial charge in [0.2, 0.25) is 0 Å².